The van der Waals surface area contributed by atoms with Crippen LogP contribution in [0.25, 0.3) is 0 Å². The van der Waals surface area contributed by atoms with Gasteiger partial charge in [0.05, 0.1) is 13.2 Å². The van der Waals surface area contributed by atoms with Crippen LogP contribution < -0.4 is 0 Å². The van der Waals surface area contributed by atoms with Gasteiger partial charge in [-0.1, -0.05) is 12.1 Å². The molecule has 2 N–H and O–H groups in total. The van der Waals surface area contributed by atoms with Crippen LogP contribution in [-0.2, 0) is 4.74 Å². The number of carbonyl (C=O) groups is 1. The number of carboxylic acid groups (broad SMARTS) is 1. The van der Waals surface area contributed by atoms with Crippen molar-refractivity contribution in [1.82, 2.24) is 4.90 Å². The quantitative estimate of drug-likeness (QED) is 0.834. The molecular weight excluding hydrogens is 241 g/mol. The lowest BCUT2D eigenvalue weighted by atomic mass is 10.0. The number of rotatable bonds is 2. The van der Waals surface area contributed by atoms with E-state index in [1.807, 2.05) is 0 Å². The number of benzene rings is 1. The van der Waals surface area contributed by atoms with Crippen LogP contribution in [0.4, 0.5) is 9.18 Å². The molecule has 18 heavy (non-hydrogen) atoms. The molecule has 0 saturated carbocycles. The van der Waals surface area contributed by atoms with Crippen LogP contribution in [0.2, 0.25) is 0 Å². The van der Waals surface area contributed by atoms with Crippen molar-refractivity contribution in [3.63, 3.8) is 0 Å². The van der Waals surface area contributed by atoms with Crippen molar-refractivity contribution < 1.29 is 24.1 Å². The maximum atomic E-state index is 13.0. The van der Waals surface area contributed by atoms with E-state index >= 15 is 0 Å². The van der Waals surface area contributed by atoms with Gasteiger partial charge in [-0.3, -0.25) is 0 Å². The lowest BCUT2D eigenvalue weighted by Gasteiger charge is -2.33. The molecule has 0 aromatic heterocycles. The topological polar surface area (TPSA) is 70.0 Å². The van der Waals surface area contributed by atoms with Crippen LogP contribution in [-0.4, -0.2) is 47.0 Å². The minimum atomic E-state index is -1.05. The Balaban J connectivity index is 2.09. The Labute approximate surface area is 103 Å². The number of aliphatic hydroxyl groups is 1. The Bertz CT molecular complexity index is 440. The molecule has 1 fully saturated rings. The smallest absolute Gasteiger partial charge is 0.407 e. The Hall–Kier alpha value is -1.66. The largest absolute Gasteiger partial charge is 0.465 e. The predicted molar refractivity (Wildman–Crippen MR) is 60.7 cm³/mol. The molecule has 0 spiro atoms. The van der Waals surface area contributed by atoms with E-state index in [2.05, 4.69) is 0 Å². The van der Waals surface area contributed by atoms with E-state index in [9.17, 15) is 14.3 Å². The number of hydrogen-bond donors (Lipinski definition) is 2. The lowest BCUT2D eigenvalue weighted by molar-refractivity contribution is -0.0836. The number of aliphatic hydroxyl groups excluding tert-OH is 1. The van der Waals surface area contributed by atoms with Crippen LogP contribution in [0, 0.1) is 5.82 Å². The minimum Gasteiger partial charge on any atom is -0.465 e. The Morgan fingerprint density at radius 3 is 3.00 bits per heavy atom. The highest BCUT2D eigenvalue weighted by molar-refractivity contribution is 5.65. The van der Waals surface area contributed by atoms with Crippen molar-refractivity contribution >= 4 is 6.09 Å². The summed E-state index contributed by atoms with van der Waals surface area (Å²) >= 11 is 0. The van der Waals surface area contributed by atoms with Crippen molar-refractivity contribution in [2.75, 3.05) is 19.7 Å². The second-order valence-corrected chi connectivity index (χ2v) is 4.14. The molecule has 1 heterocycles. The van der Waals surface area contributed by atoms with Crippen molar-refractivity contribution in [3.05, 3.63) is 35.6 Å². The third kappa shape index (κ3) is 2.77. The molecule has 0 aliphatic carbocycles. The molecule has 0 radical (unpaired) electrons. The molecule has 98 valence electrons. The average Bonchev–Trinajstić information content (AvgIpc) is 2.38. The van der Waals surface area contributed by atoms with Gasteiger partial charge in [-0.15, -0.1) is 0 Å². The van der Waals surface area contributed by atoms with E-state index in [0.717, 1.165) is 0 Å². The molecule has 2 rings (SSSR count). The normalized spacial score (nSPS) is 21.7. The van der Waals surface area contributed by atoms with Gasteiger partial charge >= 0.3 is 6.09 Å². The van der Waals surface area contributed by atoms with Crippen molar-refractivity contribution in [2.45, 2.75) is 12.2 Å². The molecule has 0 unspecified atom stereocenters. The number of amides is 1. The Morgan fingerprint density at radius 1 is 1.56 bits per heavy atom. The third-order valence-electron chi connectivity index (χ3n) is 2.91. The van der Waals surface area contributed by atoms with Gasteiger partial charge in [0.25, 0.3) is 0 Å². The van der Waals surface area contributed by atoms with Gasteiger partial charge in [-0.2, -0.15) is 0 Å². The van der Waals surface area contributed by atoms with E-state index in [-0.39, 0.29) is 19.7 Å². The first kappa shape index (κ1) is 12.8. The van der Waals surface area contributed by atoms with Gasteiger partial charge in [0.1, 0.15) is 18.0 Å². The Kier molecular flexibility index (Phi) is 3.78. The summed E-state index contributed by atoms with van der Waals surface area (Å²) in [5, 5.41) is 18.9. The minimum absolute atomic E-state index is 0.0764. The number of ether oxygens (including phenoxy) is 1. The summed E-state index contributed by atoms with van der Waals surface area (Å²) in [5.74, 6) is -0.447. The molecule has 0 bridgehead atoms. The maximum Gasteiger partial charge on any atom is 0.407 e. The monoisotopic (exact) mass is 255 g/mol. The number of morpholine rings is 1. The SMILES string of the molecule is O=C(O)N1CCO[C@@H]([C@H](O)c2cccc(F)c2)C1. The van der Waals surface area contributed by atoms with Crippen LogP contribution in [0.5, 0.6) is 0 Å². The molecule has 1 aliphatic rings. The second-order valence-electron chi connectivity index (χ2n) is 4.14. The number of hydrogen-bond acceptors (Lipinski definition) is 3. The van der Waals surface area contributed by atoms with Crippen molar-refractivity contribution in [1.29, 1.82) is 0 Å². The van der Waals surface area contributed by atoms with Gasteiger partial charge in [-0.05, 0) is 17.7 Å². The van der Waals surface area contributed by atoms with Gasteiger partial charge in [-0.25, -0.2) is 9.18 Å². The second kappa shape index (κ2) is 5.32. The van der Waals surface area contributed by atoms with Crippen LogP contribution in [0.3, 0.4) is 0 Å². The molecule has 1 amide bonds. The van der Waals surface area contributed by atoms with E-state index in [1.165, 1.54) is 23.1 Å². The molecule has 6 heteroatoms. The molecule has 2 atom stereocenters. The van der Waals surface area contributed by atoms with E-state index < -0.39 is 24.1 Å². The predicted octanol–water partition coefficient (Wildman–Crippen LogP) is 1.24. The van der Waals surface area contributed by atoms with E-state index in [1.54, 1.807) is 6.07 Å². The highest BCUT2D eigenvalue weighted by atomic mass is 19.1. The van der Waals surface area contributed by atoms with Crippen LogP contribution >= 0.6 is 0 Å². The number of nitrogens with zero attached hydrogens (tertiary/aromatic N) is 1. The maximum absolute atomic E-state index is 13.0. The summed E-state index contributed by atoms with van der Waals surface area (Å²) in [4.78, 5) is 12.0. The molecule has 1 aliphatic heterocycles. The molecule has 5 nitrogen and oxygen atoms in total. The first-order valence-corrected chi connectivity index (χ1v) is 5.61. The van der Waals surface area contributed by atoms with Crippen LogP contribution in [0.15, 0.2) is 24.3 Å². The highest BCUT2D eigenvalue weighted by Crippen LogP contribution is 2.22. The van der Waals surface area contributed by atoms with Gasteiger partial charge in [0, 0.05) is 6.54 Å². The Morgan fingerprint density at radius 2 is 2.33 bits per heavy atom. The van der Waals surface area contributed by atoms with Gasteiger partial charge < -0.3 is 19.8 Å². The first-order valence-electron chi connectivity index (χ1n) is 5.61. The fourth-order valence-electron chi connectivity index (χ4n) is 1.95. The van der Waals surface area contributed by atoms with E-state index in [4.69, 9.17) is 9.84 Å². The zero-order valence-electron chi connectivity index (χ0n) is 9.62. The fourth-order valence-corrected chi connectivity index (χ4v) is 1.95. The molecular formula is C12H14FNO4. The zero-order chi connectivity index (χ0) is 13.1. The van der Waals surface area contributed by atoms with Crippen LogP contribution in [0.1, 0.15) is 11.7 Å². The summed E-state index contributed by atoms with van der Waals surface area (Å²) < 4.78 is 18.4. The van der Waals surface area contributed by atoms with E-state index in [0.29, 0.717) is 5.56 Å². The lowest BCUT2D eigenvalue weighted by Crippen LogP contribution is -2.47. The fraction of sp³-hybridized carbons (Fsp3) is 0.417. The summed E-state index contributed by atoms with van der Waals surface area (Å²) in [5.41, 5.74) is 0.382. The first-order chi connectivity index (χ1) is 8.58. The summed E-state index contributed by atoms with van der Waals surface area (Å²) in [7, 11) is 0. The molecule has 1 saturated heterocycles. The van der Waals surface area contributed by atoms with Crippen molar-refractivity contribution in [2.24, 2.45) is 0 Å². The van der Waals surface area contributed by atoms with Gasteiger partial charge in [0.15, 0.2) is 0 Å². The number of halogens is 1. The highest BCUT2D eigenvalue weighted by Gasteiger charge is 2.30. The summed E-state index contributed by atoms with van der Waals surface area (Å²) in [6.45, 7) is 0.581. The van der Waals surface area contributed by atoms with Crippen molar-refractivity contribution in [3.8, 4) is 0 Å². The summed E-state index contributed by atoms with van der Waals surface area (Å²) in [6.07, 6.45) is -2.76. The standard InChI is InChI=1S/C12H14FNO4/c13-9-3-1-2-8(6-9)11(15)10-7-14(12(16)17)4-5-18-10/h1-3,6,10-11,15H,4-5,7H2,(H,16,17)/t10-,11-/m1/s1. The molecule has 1 aromatic carbocycles. The average molecular weight is 255 g/mol. The zero-order valence-corrected chi connectivity index (χ0v) is 9.62. The van der Waals surface area contributed by atoms with Gasteiger partial charge in [0.2, 0.25) is 0 Å². The summed E-state index contributed by atoms with van der Waals surface area (Å²) in [6, 6.07) is 5.57. The third-order valence-corrected chi connectivity index (χ3v) is 2.91. The molecule has 1 aromatic rings.